The fourth-order valence-corrected chi connectivity index (χ4v) is 3.51. The number of anilines is 1. The van der Waals surface area contributed by atoms with Crippen molar-refractivity contribution in [3.8, 4) is 5.75 Å². The van der Waals surface area contributed by atoms with Crippen LogP contribution in [0, 0.1) is 6.92 Å². The van der Waals surface area contributed by atoms with E-state index in [1.54, 1.807) is 17.4 Å². The van der Waals surface area contributed by atoms with Crippen LogP contribution in [0.2, 0.25) is 0 Å². The van der Waals surface area contributed by atoms with Crippen LogP contribution in [-0.2, 0) is 4.79 Å². The van der Waals surface area contributed by atoms with Crippen molar-refractivity contribution in [3.05, 3.63) is 46.6 Å². The van der Waals surface area contributed by atoms with Crippen molar-refractivity contribution in [3.63, 3.8) is 0 Å². The molecular weight excluding hydrogens is 358 g/mol. The van der Waals surface area contributed by atoms with Crippen LogP contribution in [0.3, 0.4) is 0 Å². The van der Waals surface area contributed by atoms with E-state index in [2.05, 4.69) is 15.2 Å². The lowest BCUT2D eigenvalue weighted by atomic mass is 10.2. The van der Waals surface area contributed by atoms with Crippen molar-refractivity contribution in [2.45, 2.75) is 6.92 Å². The largest absolute Gasteiger partial charge is 0.492 e. The van der Waals surface area contributed by atoms with E-state index in [0.29, 0.717) is 24.1 Å². The number of hydrogen-bond donors (Lipinski definition) is 1. The van der Waals surface area contributed by atoms with Gasteiger partial charge in [-0.2, -0.15) is 0 Å². The fraction of sp³-hybridized carbons (Fsp3) is 0.235. The maximum Gasteiger partial charge on any atom is 0.291 e. The van der Waals surface area contributed by atoms with E-state index >= 15 is 0 Å². The average molecular weight is 375 g/mol. The third kappa shape index (κ3) is 4.61. The van der Waals surface area contributed by atoms with E-state index < -0.39 is 0 Å². The van der Waals surface area contributed by atoms with Crippen LogP contribution >= 0.6 is 23.1 Å². The Morgan fingerprint density at radius 3 is 2.64 bits per heavy atom. The first-order valence-electron chi connectivity index (χ1n) is 7.62. The second-order valence-corrected chi connectivity index (χ2v) is 7.25. The molecule has 1 aromatic heterocycles. The first kappa shape index (κ1) is 17.5. The molecule has 0 spiro atoms. The molecule has 0 aliphatic carbocycles. The first-order chi connectivity index (χ1) is 12.0. The monoisotopic (exact) mass is 375 g/mol. The number of benzene rings is 1. The summed E-state index contributed by atoms with van der Waals surface area (Å²) in [5.74, 6) is 0.752. The normalized spacial score (nSPS) is 15.5. The van der Waals surface area contributed by atoms with Crippen LogP contribution in [0.4, 0.5) is 9.93 Å². The van der Waals surface area contributed by atoms with Crippen LogP contribution in [0.15, 0.2) is 35.3 Å². The topological polar surface area (TPSA) is 71.5 Å². The van der Waals surface area contributed by atoms with Crippen molar-refractivity contribution in [2.24, 2.45) is 0 Å². The summed E-state index contributed by atoms with van der Waals surface area (Å²) in [5, 5.41) is 4.93. The van der Waals surface area contributed by atoms with E-state index in [-0.39, 0.29) is 10.4 Å². The third-order valence-corrected chi connectivity index (χ3v) is 5.23. The SMILES string of the molecule is Cc1csc(N(C)CCOc2ccc(C=C3NC(=O)SC3=O)cc2)n1. The van der Waals surface area contributed by atoms with Gasteiger partial charge in [0.05, 0.1) is 17.9 Å². The van der Waals surface area contributed by atoms with Gasteiger partial charge in [0.25, 0.3) is 5.24 Å². The zero-order valence-corrected chi connectivity index (χ0v) is 15.4. The molecule has 25 heavy (non-hydrogen) atoms. The van der Waals surface area contributed by atoms with E-state index in [4.69, 9.17) is 4.74 Å². The summed E-state index contributed by atoms with van der Waals surface area (Å²) in [5.41, 5.74) is 2.16. The Hall–Kier alpha value is -2.32. The Labute approximate surface area is 153 Å². The van der Waals surface area contributed by atoms with Crippen molar-refractivity contribution in [1.82, 2.24) is 10.3 Å². The number of thiazole rings is 1. The van der Waals surface area contributed by atoms with Crippen molar-refractivity contribution >= 4 is 44.7 Å². The molecule has 0 atom stereocenters. The first-order valence-corrected chi connectivity index (χ1v) is 9.32. The van der Waals surface area contributed by atoms with E-state index in [0.717, 1.165) is 28.7 Å². The highest BCUT2D eigenvalue weighted by Gasteiger charge is 2.25. The van der Waals surface area contributed by atoms with Crippen LogP contribution in [0.1, 0.15) is 11.3 Å². The lowest BCUT2D eigenvalue weighted by Crippen LogP contribution is -2.23. The molecule has 1 aliphatic heterocycles. The summed E-state index contributed by atoms with van der Waals surface area (Å²) < 4.78 is 5.74. The van der Waals surface area contributed by atoms with Crippen molar-refractivity contribution in [1.29, 1.82) is 0 Å². The predicted molar refractivity (Wildman–Crippen MR) is 101 cm³/mol. The number of rotatable bonds is 6. The lowest BCUT2D eigenvalue weighted by Gasteiger charge is -2.16. The van der Waals surface area contributed by atoms with Crippen LogP contribution in [-0.4, -0.2) is 35.5 Å². The molecule has 1 amide bonds. The molecule has 0 unspecified atom stereocenters. The molecule has 1 saturated heterocycles. The molecule has 1 aromatic carbocycles. The molecule has 1 N–H and O–H groups in total. The highest BCUT2D eigenvalue weighted by molar-refractivity contribution is 8.27. The van der Waals surface area contributed by atoms with Gasteiger partial charge < -0.3 is 15.0 Å². The van der Waals surface area contributed by atoms with Crippen molar-refractivity contribution < 1.29 is 14.3 Å². The minimum atomic E-state index is -0.337. The minimum Gasteiger partial charge on any atom is -0.492 e. The van der Waals surface area contributed by atoms with Gasteiger partial charge in [-0.15, -0.1) is 11.3 Å². The molecule has 3 rings (SSSR count). The number of aromatic nitrogens is 1. The van der Waals surface area contributed by atoms with E-state index in [1.807, 2.05) is 43.6 Å². The quantitative estimate of drug-likeness (QED) is 0.781. The Bertz CT molecular complexity index is 815. The van der Waals surface area contributed by atoms with E-state index in [9.17, 15) is 9.59 Å². The molecule has 2 aromatic rings. The van der Waals surface area contributed by atoms with E-state index in [1.165, 1.54) is 0 Å². The van der Waals surface area contributed by atoms with Gasteiger partial charge in [0.2, 0.25) is 5.12 Å². The summed E-state index contributed by atoms with van der Waals surface area (Å²) in [7, 11) is 1.99. The maximum atomic E-state index is 11.6. The number of amides is 1. The van der Waals surface area contributed by atoms with Gasteiger partial charge in [-0.3, -0.25) is 9.59 Å². The summed E-state index contributed by atoms with van der Waals surface area (Å²) >= 11 is 2.29. The highest BCUT2D eigenvalue weighted by Crippen LogP contribution is 2.22. The van der Waals surface area contributed by atoms with Gasteiger partial charge in [0.15, 0.2) is 5.13 Å². The second kappa shape index (κ2) is 7.71. The minimum absolute atomic E-state index is 0.259. The lowest BCUT2D eigenvalue weighted by molar-refractivity contribution is -0.107. The van der Waals surface area contributed by atoms with Gasteiger partial charge in [0.1, 0.15) is 12.4 Å². The molecule has 0 bridgehead atoms. The Morgan fingerprint density at radius 2 is 2.04 bits per heavy atom. The average Bonchev–Trinajstić information content (AvgIpc) is 3.14. The van der Waals surface area contributed by atoms with Gasteiger partial charge in [-0.1, -0.05) is 12.1 Å². The predicted octanol–water partition coefficient (Wildman–Crippen LogP) is 3.29. The molecule has 8 heteroatoms. The molecule has 1 aliphatic rings. The smallest absolute Gasteiger partial charge is 0.291 e. The number of hydrogen-bond acceptors (Lipinski definition) is 7. The molecule has 0 saturated carbocycles. The summed E-state index contributed by atoms with van der Waals surface area (Å²) in [6.07, 6.45) is 1.66. The maximum absolute atomic E-state index is 11.6. The third-order valence-electron chi connectivity index (χ3n) is 3.46. The second-order valence-electron chi connectivity index (χ2n) is 5.47. The Morgan fingerprint density at radius 1 is 1.28 bits per heavy atom. The summed E-state index contributed by atoms with van der Waals surface area (Å²) in [6.45, 7) is 3.25. The summed E-state index contributed by atoms with van der Waals surface area (Å²) in [4.78, 5) is 29.2. The molecule has 0 radical (unpaired) electrons. The van der Waals surface area contributed by atoms with Gasteiger partial charge in [-0.05, 0) is 30.7 Å². The highest BCUT2D eigenvalue weighted by atomic mass is 32.2. The van der Waals surface area contributed by atoms with Crippen LogP contribution in [0.25, 0.3) is 6.08 Å². The Kier molecular flexibility index (Phi) is 5.40. The molecule has 2 heterocycles. The number of likely N-dealkylation sites (N-methyl/N-ethyl adjacent to an activating group) is 1. The molecule has 6 nitrogen and oxygen atoms in total. The number of nitrogens with zero attached hydrogens (tertiary/aromatic N) is 2. The zero-order chi connectivity index (χ0) is 17.8. The number of nitrogens with one attached hydrogen (secondary N) is 1. The molecule has 130 valence electrons. The number of carbonyl (C=O) groups excluding carboxylic acids is 2. The number of ether oxygens (including phenoxy) is 1. The molecule has 1 fully saturated rings. The molecular formula is C17H17N3O3S2. The van der Waals surface area contributed by atoms with Gasteiger partial charge >= 0.3 is 0 Å². The summed E-state index contributed by atoms with van der Waals surface area (Å²) in [6, 6.07) is 7.37. The number of carbonyl (C=O) groups is 2. The number of thioether (sulfide) groups is 1. The van der Waals surface area contributed by atoms with Gasteiger partial charge in [-0.25, -0.2) is 4.98 Å². The fourth-order valence-electron chi connectivity index (χ4n) is 2.16. The van der Waals surface area contributed by atoms with Crippen molar-refractivity contribution in [2.75, 3.05) is 25.1 Å². The zero-order valence-electron chi connectivity index (χ0n) is 13.8. The van der Waals surface area contributed by atoms with Crippen LogP contribution < -0.4 is 15.0 Å². The number of aryl methyl sites for hydroxylation is 1. The standard InChI is InChI=1S/C17H17N3O3S2/c1-11-10-24-16(18-11)20(2)7-8-23-13-5-3-12(4-6-13)9-14-15(21)25-17(22)19-14/h3-6,9-10H,7-8H2,1-2H3,(H,19,22). The Balaban J connectivity index is 1.52. The van der Waals surface area contributed by atoms with Crippen LogP contribution in [0.5, 0.6) is 5.75 Å². The van der Waals surface area contributed by atoms with Gasteiger partial charge in [0, 0.05) is 24.2 Å².